The maximum absolute atomic E-state index is 13.0. The Bertz CT molecular complexity index is 1460. The standard InChI is InChI=1S/C23H25N5O5S/c1-14(13-32-2)33-23(29)19-20-22(27-18-6-4-3-5-17(18)26-20)28(21(19)24)12-11-15-7-9-16(10-8-15)34(25,30)31/h3-10,14H,11-13,24H2,1-2H3,(H2,25,30,31)/t14-/m0/s1. The van der Waals surface area contributed by atoms with Crippen LogP contribution in [0.5, 0.6) is 0 Å². The molecule has 1 atom stereocenters. The lowest BCUT2D eigenvalue weighted by Crippen LogP contribution is -2.20. The summed E-state index contributed by atoms with van der Waals surface area (Å²) in [5.74, 6) is -0.408. The predicted molar refractivity (Wildman–Crippen MR) is 128 cm³/mol. The van der Waals surface area contributed by atoms with Crippen LogP contribution in [0, 0.1) is 0 Å². The molecule has 4 aromatic rings. The predicted octanol–water partition coefficient (Wildman–Crippen LogP) is 2.25. The van der Waals surface area contributed by atoms with E-state index < -0.39 is 22.1 Å². The van der Waals surface area contributed by atoms with E-state index in [2.05, 4.69) is 4.98 Å². The summed E-state index contributed by atoms with van der Waals surface area (Å²) in [5, 5.41) is 5.17. The molecule has 11 heteroatoms. The van der Waals surface area contributed by atoms with Gasteiger partial charge in [-0.1, -0.05) is 24.3 Å². The molecule has 0 saturated heterocycles. The van der Waals surface area contributed by atoms with E-state index in [0.29, 0.717) is 35.2 Å². The molecule has 0 aliphatic rings. The lowest BCUT2D eigenvalue weighted by atomic mass is 10.1. The molecule has 34 heavy (non-hydrogen) atoms. The zero-order chi connectivity index (χ0) is 24.5. The second-order valence-corrected chi connectivity index (χ2v) is 9.47. The fourth-order valence-electron chi connectivity index (χ4n) is 3.74. The number of hydrogen-bond acceptors (Lipinski definition) is 8. The molecule has 4 rings (SSSR count). The number of fused-ring (bicyclic) bond motifs is 2. The number of nitrogens with zero attached hydrogens (tertiary/aromatic N) is 3. The Morgan fingerprint density at radius 1 is 1.09 bits per heavy atom. The molecule has 10 nitrogen and oxygen atoms in total. The number of rotatable bonds is 8. The number of aromatic nitrogens is 3. The number of ether oxygens (including phenoxy) is 2. The molecular weight excluding hydrogens is 458 g/mol. The molecular formula is C23H25N5O5S. The fourth-order valence-corrected chi connectivity index (χ4v) is 4.26. The number of hydrogen-bond donors (Lipinski definition) is 2. The first-order valence-corrected chi connectivity index (χ1v) is 12.1. The summed E-state index contributed by atoms with van der Waals surface area (Å²) in [6.07, 6.45) is 0.0307. The average Bonchev–Trinajstić information content (AvgIpc) is 3.06. The highest BCUT2D eigenvalue weighted by Gasteiger charge is 2.26. The molecule has 0 aliphatic carbocycles. The summed E-state index contributed by atoms with van der Waals surface area (Å²) in [7, 11) is -2.24. The minimum atomic E-state index is -3.77. The molecule has 0 aliphatic heterocycles. The van der Waals surface area contributed by atoms with E-state index >= 15 is 0 Å². The van der Waals surface area contributed by atoms with Crippen LogP contribution in [0.2, 0.25) is 0 Å². The van der Waals surface area contributed by atoms with E-state index in [1.165, 1.54) is 19.2 Å². The van der Waals surface area contributed by atoms with Gasteiger partial charge in [-0.3, -0.25) is 0 Å². The van der Waals surface area contributed by atoms with E-state index in [1.54, 1.807) is 23.6 Å². The Hall–Kier alpha value is -3.54. The van der Waals surface area contributed by atoms with Gasteiger partial charge in [0, 0.05) is 13.7 Å². The van der Waals surface area contributed by atoms with Gasteiger partial charge in [0.25, 0.3) is 0 Å². The normalized spacial score (nSPS) is 12.8. The quantitative estimate of drug-likeness (QED) is 0.362. The van der Waals surface area contributed by atoms with Crippen molar-refractivity contribution in [2.45, 2.75) is 30.9 Å². The second kappa shape index (κ2) is 9.37. The van der Waals surface area contributed by atoms with E-state index in [1.807, 2.05) is 24.3 Å². The van der Waals surface area contributed by atoms with Crippen LogP contribution in [0.25, 0.3) is 22.2 Å². The first kappa shape index (κ1) is 23.6. The van der Waals surface area contributed by atoms with Crippen LogP contribution >= 0.6 is 0 Å². The van der Waals surface area contributed by atoms with Crippen LogP contribution in [0.4, 0.5) is 5.82 Å². The molecule has 0 spiro atoms. The zero-order valence-corrected chi connectivity index (χ0v) is 19.6. The van der Waals surface area contributed by atoms with Crippen LogP contribution in [-0.4, -0.2) is 48.7 Å². The van der Waals surface area contributed by atoms with E-state index in [4.69, 9.17) is 25.3 Å². The van der Waals surface area contributed by atoms with Crippen LogP contribution in [0.1, 0.15) is 22.8 Å². The highest BCUT2D eigenvalue weighted by atomic mass is 32.2. The van der Waals surface area contributed by atoms with Crippen molar-refractivity contribution in [2.24, 2.45) is 5.14 Å². The smallest absolute Gasteiger partial charge is 0.344 e. The molecule has 0 saturated carbocycles. The number of primary sulfonamides is 1. The molecule has 2 aromatic carbocycles. The second-order valence-electron chi connectivity index (χ2n) is 7.91. The molecule has 0 bridgehead atoms. The van der Waals surface area contributed by atoms with Crippen LogP contribution < -0.4 is 10.9 Å². The van der Waals surface area contributed by atoms with Gasteiger partial charge in [-0.25, -0.2) is 28.3 Å². The summed E-state index contributed by atoms with van der Waals surface area (Å²) in [4.78, 5) is 22.4. The Balaban J connectivity index is 1.74. The molecule has 2 heterocycles. The maximum atomic E-state index is 13.0. The van der Waals surface area contributed by atoms with Crippen molar-refractivity contribution < 1.29 is 22.7 Å². The Labute approximate surface area is 196 Å². The molecule has 0 unspecified atom stereocenters. The number of sulfonamides is 1. The topological polar surface area (TPSA) is 152 Å². The van der Waals surface area contributed by atoms with Crippen molar-refractivity contribution in [1.29, 1.82) is 0 Å². The highest BCUT2D eigenvalue weighted by Crippen LogP contribution is 2.29. The van der Waals surface area contributed by atoms with Gasteiger partial charge < -0.3 is 19.8 Å². The molecule has 0 fully saturated rings. The lowest BCUT2D eigenvalue weighted by molar-refractivity contribution is 0.0123. The van der Waals surface area contributed by atoms with Gasteiger partial charge in [0.1, 0.15) is 23.0 Å². The summed E-state index contributed by atoms with van der Waals surface area (Å²) in [6.45, 7) is 2.35. The third-order valence-corrected chi connectivity index (χ3v) is 6.31. The first-order valence-electron chi connectivity index (χ1n) is 10.5. The summed E-state index contributed by atoms with van der Waals surface area (Å²) >= 11 is 0. The number of carbonyl (C=O) groups is 1. The first-order chi connectivity index (χ1) is 16.2. The fraction of sp³-hybridized carbons (Fsp3) is 0.261. The number of para-hydroxylation sites is 2. The van der Waals surface area contributed by atoms with Crippen LogP contribution in [0.15, 0.2) is 53.4 Å². The summed E-state index contributed by atoms with van der Waals surface area (Å²) in [6, 6.07) is 13.6. The van der Waals surface area contributed by atoms with Gasteiger partial charge >= 0.3 is 5.97 Å². The van der Waals surface area contributed by atoms with Gasteiger partial charge in [0.15, 0.2) is 5.65 Å². The third-order valence-electron chi connectivity index (χ3n) is 5.38. The number of carbonyl (C=O) groups excluding carboxylic acids is 1. The number of benzene rings is 2. The summed E-state index contributed by atoms with van der Waals surface area (Å²) in [5.41, 5.74) is 9.56. The summed E-state index contributed by atoms with van der Waals surface area (Å²) < 4.78 is 35.3. The van der Waals surface area contributed by atoms with Gasteiger partial charge in [-0.2, -0.15) is 0 Å². The molecule has 0 radical (unpaired) electrons. The van der Waals surface area contributed by atoms with E-state index in [-0.39, 0.29) is 22.9 Å². The monoisotopic (exact) mass is 483 g/mol. The molecule has 2 aromatic heterocycles. The van der Waals surface area contributed by atoms with Crippen molar-refractivity contribution in [2.75, 3.05) is 19.5 Å². The number of anilines is 1. The molecule has 178 valence electrons. The van der Waals surface area contributed by atoms with Crippen molar-refractivity contribution >= 4 is 44.0 Å². The average molecular weight is 484 g/mol. The van der Waals surface area contributed by atoms with E-state index in [0.717, 1.165) is 5.56 Å². The number of methoxy groups -OCH3 is 1. The highest BCUT2D eigenvalue weighted by molar-refractivity contribution is 7.89. The maximum Gasteiger partial charge on any atom is 0.344 e. The van der Waals surface area contributed by atoms with Gasteiger partial charge in [0.2, 0.25) is 10.0 Å². The van der Waals surface area contributed by atoms with Crippen LogP contribution in [-0.2, 0) is 32.5 Å². The van der Waals surface area contributed by atoms with Gasteiger partial charge in [0.05, 0.1) is 22.5 Å². The van der Waals surface area contributed by atoms with Crippen molar-refractivity contribution in [3.8, 4) is 0 Å². The molecule has 0 amide bonds. The number of nitrogen functional groups attached to an aromatic ring is 1. The SMILES string of the molecule is COC[C@H](C)OC(=O)c1c(N)n(CCc2ccc(S(N)(=O)=O)cc2)c2nc3ccccc3nc12. The Kier molecular flexibility index (Phi) is 6.51. The zero-order valence-electron chi connectivity index (χ0n) is 18.8. The lowest BCUT2D eigenvalue weighted by Gasteiger charge is -2.12. The minimum Gasteiger partial charge on any atom is -0.456 e. The number of nitrogens with two attached hydrogens (primary N) is 2. The number of aryl methyl sites for hydroxylation is 2. The Morgan fingerprint density at radius 2 is 1.74 bits per heavy atom. The number of esters is 1. The Morgan fingerprint density at radius 3 is 2.35 bits per heavy atom. The minimum absolute atomic E-state index is 0.0368. The van der Waals surface area contributed by atoms with E-state index in [9.17, 15) is 13.2 Å². The van der Waals surface area contributed by atoms with Gasteiger partial charge in [-0.15, -0.1) is 0 Å². The van der Waals surface area contributed by atoms with Crippen molar-refractivity contribution in [3.05, 3.63) is 59.7 Å². The van der Waals surface area contributed by atoms with Crippen LogP contribution in [0.3, 0.4) is 0 Å². The largest absolute Gasteiger partial charge is 0.456 e. The van der Waals surface area contributed by atoms with Gasteiger partial charge in [-0.05, 0) is 43.2 Å². The van der Waals surface area contributed by atoms with Crippen molar-refractivity contribution in [1.82, 2.24) is 14.5 Å². The third kappa shape index (κ3) is 4.72. The van der Waals surface area contributed by atoms with Crippen molar-refractivity contribution in [3.63, 3.8) is 0 Å². The molecule has 4 N–H and O–H groups in total.